The van der Waals surface area contributed by atoms with Gasteiger partial charge in [-0.25, -0.2) is 4.39 Å². The fourth-order valence-electron chi connectivity index (χ4n) is 0.910. The summed E-state index contributed by atoms with van der Waals surface area (Å²) in [5.41, 5.74) is 4.55. The van der Waals surface area contributed by atoms with Crippen LogP contribution in [0.1, 0.15) is 12.6 Å². The molecule has 0 radical (unpaired) electrons. The Bertz CT molecular complexity index is 317. The van der Waals surface area contributed by atoms with Gasteiger partial charge in [0.2, 0.25) is 0 Å². The predicted molar refractivity (Wildman–Crippen MR) is 50.5 cm³/mol. The minimum absolute atomic E-state index is 0.0678. The van der Waals surface area contributed by atoms with Crippen LogP contribution in [0.4, 0.5) is 4.39 Å². The molecule has 0 aliphatic rings. The van der Waals surface area contributed by atoms with E-state index in [9.17, 15) is 4.39 Å². The second-order valence-electron chi connectivity index (χ2n) is 3.06. The molecule has 1 heterocycles. The van der Waals surface area contributed by atoms with Crippen LogP contribution in [0.3, 0.4) is 0 Å². The molecule has 1 aromatic rings. The highest BCUT2D eigenvalue weighted by molar-refractivity contribution is 9.10. The topological polar surface area (TPSA) is 59.1 Å². The molecule has 0 aliphatic heterocycles. The monoisotopic (exact) mass is 248 g/mol. The van der Waals surface area contributed by atoms with Crippen LogP contribution in [0.2, 0.25) is 0 Å². The van der Waals surface area contributed by atoms with E-state index >= 15 is 0 Å². The Morgan fingerprint density at radius 1 is 1.77 bits per heavy atom. The van der Waals surface area contributed by atoms with Gasteiger partial charge in [-0.1, -0.05) is 0 Å². The second-order valence-corrected chi connectivity index (χ2v) is 3.98. The van der Waals surface area contributed by atoms with Crippen molar-refractivity contribution < 1.29 is 9.50 Å². The van der Waals surface area contributed by atoms with Gasteiger partial charge >= 0.3 is 0 Å². The van der Waals surface area contributed by atoms with Crippen LogP contribution in [0.5, 0.6) is 0 Å². The number of nitrogens with zero attached hydrogens (tertiary/aromatic N) is 1. The number of hydrogen-bond donors (Lipinski definition) is 2. The molecule has 0 fully saturated rings. The van der Waals surface area contributed by atoms with Crippen LogP contribution in [-0.4, -0.2) is 16.7 Å². The van der Waals surface area contributed by atoms with Crippen molar-refractivity contribution in [3.63, 3.8) is 0 Å². The molecule has 72 valence electrons. The highest BCUT2D eigenvalue weighted by Crippen LogP contribution is 2.20. The number of rotatable bonds is 2. The third-order valence-corrected chi connectivity index (χ3v) is 2.11. The smallest absolute Gasteiger partial charge is 0.147 e. The lowest BCUT2D eigenvalue weighted by Gasteiger charge is -2.21. The Balaban J connectivity index is 3.16. The zero-order valence-corrected chi connectivity index (χ0v) is 8.68. The van der Waals surface area contributed by atoms with Gasteiger partial charge in [0.15, 0.2) is 0 Å². The molecule has 13 heavy (non-hydrogen) atoms. The Kier molecular flexibility index (Phi) is 3.00. The molecule has 3 nitrogen and oxygen atoms in total. The molecular formula is C8H10BrFN2O. The second kappa shape index (κ2) is 3.69. The molecule has 1 atom stereocenters. The summed E-state index contributed by atoms with van der Waals surface area (Å²) >= 11 is 3.08. The van der Waals surface area contributed by atoms with Crippen LogP contribution in [0.25, 0.3) is 0 Å². The van der Waals surface area contributed by atoms with E-state index in [1.807, 2.05) is 0 Å². The van der Waals surface area contributed by atoms with Crippen molar-refractivity contribution >= 4 is 15.9 Å². The van der Waals surface area contributed by atoms with Crippen LogP contribution in [0, 0.1) is 5.82 Å². The fourth-order valence-corrected chi connectivity index (χ4v) is 1.21. The summed E-state index contributed by atoms with van der Waals surface area (Å²) in [5.74, 6) is -0.520. The van der Waals surface area contributed by atoms with E-state index in [0.29, 0.717) is 4.47 Å². The van der Waals surface area contributed by atoms with Crippen LogP contribution in [-0.2, 0) is 5.54 Å². The molecule has 5 heteroatoms. The fraction of sp³-hybridized carbons (Fsp3) is 0.375. The average molecular weight is 249 g/mol. The first-order valence-electron chi connectivity index (χ1n) is 3.68. The molecule has 0 aromatic carbocycles. The van der Waals surface area contributed by atoms with Gasteiger partial charge in [-0.2, -0.15) is 0 Å². The van der Waals surface area contributed by atoms with Crippen LogP contribution in [0.15, 0.2) is 16.7 Å². The highest BCUT2D eigenvalue weighted by Gasteiger charge is 2.25. The van der Waals surface area contributed by atoms with Crippen molar-refractivity contribution in [2.24, 2.45) is 5.73 Å². The first-order chi connectivity index (χ1) is 5.97. The quantitative estimate of drug-likeness (QED) is 0.826. The summed E-state index contributed by atoms with van der Waals surface area (Å²) in [6.45, 7) is 1.17. The first kappa shape index (κ1) is 10.6. The number of halogens is 2. The van der Waals surface area contributed by atoms with E-state index in [0.717, 1.165) is 0 Å². The molecule has 0 unspecified atom stereocenters. The van der Waals surface area contributed by atoms with E-state index in [2.05, 4.69) is 20.9 Å². The van der Waals surface area contributed by atoms with Crippen molar-refractivity contribution in [1.29, 1.82) is 0 Å². The van der Waals surface area contributed by atoms with Crippen molar-refractivity contribution in [2.45, 2.75) is 12.5 Å². The molecular weight excluding hydrogens is 239 g/mol. The van der Waals surface area contributed by atoms with Crippen molar-refractivity contribution in [3.8, 4) is 0 Å². The van der Waals surface area contributed by atoms with Gasteiger partial charge in [0.25, 0.3) is 0 Å². The van der Waals surface area contributed by atoms with Crippen LogP contribution >= 0.6 is 15.9 Å². The Labute approximate surface area is 83.9 Å². The zero-order valence-electron chi connectivity index (χ0n) is 7.09. The maximum atomic E-state index is 13.2. The first-order valence-corrected chi connectivity index (χ1v) is 4.48. The number of aliphatic hydroxyl groups is 1. The average Bonchev–Trinajstić information content (AvgIpc) is 2.03. The molecule has 1 aromatic heterocycles. The van der Waals surface area contributed by atoms with E-state index in [4.69, 9.17) is 10.8 Å². The lowest BCUT2D eigenvalue weighted by molar-refractivity contribution is 0.202. The molecule has 0 saturated carbocycles. The van der Waals surface area contributed by atoms with E-state index in [1.165, 1.54) is 19.2 Å². The Morgan fingerprint density at radius 3 is 2.85 bits per heavy atom. The van der Waals surface area contributed by atoms with Gasteiger partial charge in [0.05, 0.1) is 17.8 Å². The van der Waals surface area contributed by atoms with E-state index < -0.39 is 11.4 Å². The largest absolute Gasteiger partial charge is 0.394 e. The molecule has 0 aliphatic carbocycles. The predicted octanol–water partition coefficient (Wildman–Crippen LogP) is 1.15. The van der Waals surface area contributed by atoms with Crippen molar-refractivity contribution in [2.75, 3.05) is 6.61 Å². The third-order valence-electron chi connectivity index (χ3n) is 1.68. The number of pyridine rings is 1. The Hall–Kier alpha value is -0.520. The molecule has 1 rings (SSSR count). The van der Waals surface area contributed by atoms with Gasteiger partial charge in [0, 0.05) is 10.7 Å². The normalized spacial score (nSPS) is 15.5. The molecule has 3 N–H and O–H groups in total. The van der Waals surface area contributed by atoms with Gasteiger partial charge in [0.1, 0.15) is 5.82 Å². The number of hydrogen-bond acceptors (Lipinski definition) is 3. The molecule has 0 saturated heterocycles. The Morgan fingerprint density at radius 2 is 2.38 bits per heavy atom. The van der Waals surface area contributed by atoms with Crippen LogP contribution < -0.4 is 5.73 Å². The molecule has 0 spiro atoms. The summed E-state index contributed by atoms with van der Waals surface area (Å²) < 4.78 is 13.8. The summed E-state index contributed by atoms with van der Waals surface area (Å²) in [6.07, 6.45) is 1.44. The van der Waals surface area contributed by atoms with Crippen molar-refractivity contribution in [3.05, 3.63) is 28.2 Å². The van der Waals surface area contributed by atoms with E-state index in [1.54, 1.807) is 0 Å². The molecule has 0 amide bonds. The van der Waals surface area contributed by atoms with Gasteiger partial charge in [-0.15, -0.1) is 0 Å². The standard InChI is InChI=1S/C8H10BrFN2O/c1-8(11,4-13)7-6(10)2-5(9)3-12-7/h2-3,13H,4,11H2,1H3/t8-/m1/s1. The summed E-state index contributed by atoms with van der Waals surface area (Å²) in [4.78, 5) is 3.81. The van der Waals surface area contributed by atoms with E-state index in [-0.39, 0.29) is 12.3 Å². The minimum Gasteiger partial charge on any atom is -0.394 e. The zero-order chi connectivity index (χ0) is 10.1. The van der Waals surface area contributed by atoms with Crippen molar-refractivity contribution in [1.82, 2.24) is 4.98 Å². The third kappa shape index (κ3) is 2.24. The maximum absolute atomic E-state index is 13.2. The number of nitrogens with two attached hydrogens (primary N) is 1. The number of aromatic nitrogens is 1. The summed E-state index contributed by atoms with van der Waals surface area (Å²) in [6, 6.07) is 1.27. The summed E-state index contributed by atoms with van der Waals surface area (Å²) in [5, 5.41) is 8.90. The highest BCUT2D eigenvalue weighted by atomic mass is 79.9. The van der Waals surface area contributed by atoms with Gasteiger partial charge in [-0.3, -0.25) is 4.98 Å². The minimum atomic E-state index is -1.13. The lowest BCUT2D eigenvalue weighted by Crippen LogP contribution is -2.38. The maximum Gasteiger partial charge on any atom is 0.147 e. The van der Waals surface area contributed by atoms with Gasteiger partial charge in [-0.05, 0) is 28.9 Å². The lowest BCUT2D eigenvalue weighted by atomic mass is 9.99. The summed E-state index contributed by atoms with van der Waals surface area (Å²) in [7, 11) is 0. The molecule has 0 bridgehead atoms. The van der Waals surface area contributed by atoms with Gasteiger partial charge < -0.3 is 10.8 Å². The SMILES string of the molecule is C[C@@](N)(CO)c1ncc(Br)cc1F. The number of aliphatic hydroxyl groups excluding tert-OH is 1.